The largest absolute Gasteiger partial charge is 0.254 e. The van der Waals surface area contributed by atoms with Gasteiger partial charge in [0.1, 0.15) is 0 Å². The van der Waals surface area contributed by atoms with Gasteiger partial charge in [0.2, 0.25) is 0 Å². The molecule has 0 aliphatic carbocycles. The maximum absolute atomic E-state index is 4.35. The molecular weight excluding hydrogens is 172 g/mol. The van der Waals surface area contributed by atoms with Crippen molar-refractivity contribution in [3.05, 3.63) is 53.2 Å². The molecular formula is C12H8N2. The Morgan fingerprint density at radius 2 is 1.86 bits per heavy atom. The predicted molar refractivity (Wildman–Crippen MR) is 54.9 cm³/mol. The lowest BCUT2D eigenvalue weighted by atomic mass is 10.1. The Balaban J connectivity index is 2.19. The second kappa shape index (κ2) is 2.77. The topological polar surface area (TPSA) is 25.2 Å². The molecule has 0 unspecified atom stereocenters. The molecule has 0 N–H and O–H groups in total. The van der Waals surface area contributed by atoms with Crippen LogP contribution in [0.1, 0.15) is 0 Å². The molecule has 0 fully saturated rings. The Hall–Kier alpha value is -1.96. The summed E-state index contributed by atoms with van der Waals surface area (Å²) in [5, 5.41) is 2.17. The van der Waals surface area contributed by atoms with Crippen LogP contribution in [0.15, 0.2) is 47.6 Å². The molecule has 0 saturated heterocycles. The summed E-state index contributed by atoms with van der Waals surface area (Å²) < 4.78 is 0. The highest BCUT2D eigenvalue weighted by atomic mass is 14.8. The minimum atomic E-state index is 0.990. The third kappa shape index (κ3) is 1.04. The summed E-state index contributed by atoms with van der Waals surface area (Å²) in [6, 6.07) is 12.2. The molecule has 2 nitrogen and oxygen atoms in total. The van der Waals surface area contributed by atoms with Crippen LogP contribution in [-0.4, -0.2) is 4.98 Å². The van der Waals surface area contributed by atoms with E-state index in [4.69, 9.17) is 0 Å². The monoisotopic (exact) mass is 180 g/mol. The molecule has 2 aromatic rings. The van der Waals surface area contributed by atoms with Gasteiger partial charge < -0.3 is 0 Å². The number of hydrogen-bond donors (Lipinski definition) is 0. The summed E-state index contributed by atoms with van der Waals surface area (Å²) in [5.41, 5.74) is 2.16. The maximum Gasteiger partial charge on any atom is 0.0901 e. The zero-order valence-corrected chi connectivity index (χ0v) is 7.51. The van der Waals surface area contributed by atoms with Crippen molar-refractivity contribution in [1.82, 2.24) is 4.98 Å². The fourth-order valence-corrected chi connectivity index (χ4v) is 1.51. The highest BCUT2D eigenvalue weighted by Gasteiger charge is 2.01. The number of benzene rings is 1. The smallest absolute Gasteiger partial charge is 0.0901 e. The third-order valence-corrected chi connectivity index (χ3v) is 2.33. The van der Waals surface area contributed by atoms with Crippen LogP contribution < -0.4 is 10.6 Å². The van der Waals surface area contributed by atoms with Crippen molar-refractivity contribution in [2.45, 2.75) is 0 Å². The molecule has 2 heterocycles. The van der Waals surface area contributed by atoms with Crippen LogP contribution in [0.2, 0.25) is 0 Å². The van der Waals surface area contributed by atoms with Crippen molar-refractivity contribution in [3.8, 4) is 11.3 Å². The van der Waals surface area contributed by atoms with Crippen molar-refractivity contribution in [1.29, 1.82) is 0 Å². The summed E-state index contributed by atoms with van der Waals surface area (Å²) in [7, 11) is 0. The standard InChI is InChI=1S/C12H8N2/c1-2-4-9(5-3-1)11-6-10-7-13-12(10)8-14-11/h1-8H. The van der Waals surface area contributed by atoms with E-state index in [1.54, 1.807) is 0 Å². The van der Waals surface area contributed by atoms with Crippen LogP contribution in [0.4, 0.5) is 0 Å². The molecule has 1 aliphatic rings. The number of pyridine rings is 1. The molecule has 0 bridgehead atoms. The number of aromatic nitrogens is 1. The lowest BCUT2D eigenvalue weighted by Crippen LogP contribution is -2.31. The number of fused-ring (bicyclic) bond motifs is 1. The molecule has 1 aromatic carbocycles. The van der Waals surface area contributed by atoms with E-state index in [1.165, 1.54) is 5.22 Å². The lowest BCUT2D eigenvalue weighted by molar-refractivity contribution is 1.17. The Kier molecular flexibility index (Phi) is 1.47. The van der Waals surface area contributed by atoms with Crippen LogP contribution in [0.3, 0.4) is 0 Å². The molecule has 2 heteroatoms. The van der Waals surface area contributed by atoms with Gasteiger partial charge in [-0.1, -0.05) is 30.3 Å². The van der Waals surface area contributed by atoms with Gasteiger partial charge in [-0.25, -0.2) is 0 Å². The van der Waals surface area contributed by atoms with Gasteiger partial charge in [-0.05, 0) is 6.07 Å². The molecule has 0 spiro atoms. The minimum absolute atomic E-state index is 0.990. The zero-order chi connectivity index (χ0) is 9.38. The first-order valence-electron chi connectivity index (χ1n) is 4.53. The molecule has 3 rings (SSSR count). The predicted octanol–water partition coefficient (Wildman–Crippen LogP) is 1.12. The van der Waals surface area contributed by atoms with Crippen molar-refractivity contribution in [2.24, 2.45) is 4.99 Å². The van der Waals surface area contributed by atoms with Gasteiger partial charge in [-0.2, -0.15) is 0 Å². The van der Waals surface area contributed by atoms with Crippen LogP contribution in [0.5, 0.6) is 0 Å². The van der Waals surface area contributed by atoms with E-state index in [0.29, 0.717) is 0 Å². The Morgan fingerprint density at radius 3 is 2.50 bits per heavy atom. The minimum Gasteiger partial charge on any atom is -0.254 e. The van der Waals surface area contributed by atoms with Crippen molar-refractivity contribution in [2.75, 3.05) is 0 Å². The average molecular weight is 180 g/mol. The Morgan fingerprint density at radius 1 is 1.00 bits per heavy atom. The summed E-state index contributed by atoms with van der Waals surface area (Å²) in [6.07, 6.45) is 3.68. The van der Waals surface area contributed by atoms with E-state index in [0.717, 1.165) is 16.6 Å². The number of rotatable bonds is 1. The first-order valence-corrected chi connectivity index (χ1v) is 4.53. The van der Waals surface area contributed by atoms with Crippen LogP contribution in [0, 0.1) is 0 Å². The quantitative estimate of drug-likeness (QED) is 0.645. The zero-order valence-electron chi connectivity index (χ0n) is 7.51. The molecule has 0 amide bonds. The Bertz CT molecular complexity index is 585. The molecule has 1 aromatic heterocycles. The molecule has 66 valence electrons. The van der Waals surface area contributed by atoms with Gasteiger partial charge in [0.15, 0.2) is 0 Å². The summed E-state index contributed by atoms with van der Waals surface area (Å²) >= 11 is 0. The molecule has 1 aliphatic heterocycles. The average Bonchev–Trinajstić information content (AvgIpc) is 2.21. The first-order chi connectivity index (χ1) is 6.93. The van der Waals surface area contributed by atoms with E-state index >= 15 is 0 Å². The second-order valence-electron chi connectivity index (χ2n) is 3.25. The first kappa shape index (κ1) is 7.44. The molecule has 0 saturated carbocycles. The normalized spacial score (nSPS) is 12.0. The van der Waals surface area contributed by atoms with Gasteiger partial charge >= 0.3 is 0 Å². The Labute approximate surface area is 81.3 Å². The molecule has 0 atom stereocenters. The van der Waals surface area contributed by atoms with Crippen molar-refractivity contribution < 1.29 is 0 Å². The van der Waals surface area contributed by atoms with Gasteiger partial charge in [0, 0.05) is 17.0 Å². The van der Waals surface area contributed by atoms with Gasteiger partial charge in [0.25, 0.3) is 0 Å². The lowest BCUT2D eigenvalue weighted by Gasteiger charge is -2.02. The van der Waals surface area contributed by atoms with E-state index in [2.05, 4.69) is 28.2 Å². The van der Waals surface area contributed by atoms with Crippen molar-refractivity contribution >= 4 is 6.20 Å². The van der Waals surface area contributed by atoms with Crippen LogP contribution in [0.25, 0.3) is 17.5 Å². The van der Waals surface area contributed by atoms with Gasteiger partial charge in [-0.15, -0.1) is 0 Å². The van der Waals surface area contributed by atoms with Crippen LogP contribution >= 0.6 is 0 Å². The fourth-order valence-electron chi connectivity index (χ4n) is 1.51. The van der Waals surface area contributed by atoms with E-state index in [1.807, 2.05) is 30.6 Å². The third-order valence-electron chi connectivity index (χ3n) is 2.33. The molecule has 14 heavy (non-hydrogen) atoms. The summed E-state index contributed by atoms with van der Waals surface area (Å²) in [6.45, 7) is 0. The number of nitrogens with zero attached hydrogens (tertiary/aromatic N) is 2. The summed E-state index contributed by atoms with van der Waals surface area (Å²) in [5.74, 6) is 0. The maximum atomic E-state index is 4.35. The van der Waals surface area contributed by atoms with Gasteiger partial charge in [-0.3, -0.25) is 9.98 Å². The highest BCUT2D eigenvalue weighted by Crippen LogP contribution is 2.12. The van der Waals surface area contributed by atoms with Crippen LogP contribution in [-0.2, 0) is 0 Å². The van der Waals surface area contributed by atoms with E-state index < -0.39 is 0 Å². The summed E-state index contributed by atoms with van der Waals surface area (Å²) in [4.78, 5) is 8.43. The van der Waals surface area contributed by atoms with E-state index in [-0.39, 0.29) is 0 Å². The molecule has 0 radical (unpaired) electrons. The SMILES string of the molecule is C1=c2cc(-c3ccccc3)ncc2=N1. The van der Waals surface area contributed by atoms with Crippen molar-refractivity contribution in [3.63, 3.8) is 0 Å². The van der Waals surface area contributed by atoms with E-state index in [9.17, 15) is 0 Å². The highest BCUT2D eigenvalue weighted by molar-refractivity contribution is 5.59. The fraction of sp³-hybridized carbons (Fsp3) is 0. The second-order valence-corrected chi connectivity index (χ2v) is 3.25. The number of hydrogen-bond acceptors (Lipinski definition) is 2. The van der Waals surface area contributed by atoms with Gasteiger partial charge in [0.05, 0.1) is 17.2 Å².